The SMILES string of the molecule is Cc1cccc2sc(NC(=O)C=CC(=O)O)nc12. The van der Waals surface area contributed by atoms with E-state index in [0.29, 0.717) is 5.13 Å². The Morgan fingerprint density at radius 1 is 1.39 bits per heavy atom. The van der Waals surface area contributed by atoms with Crippen LogP contribution in [0.15, 0.2) is 30.4 Å². The van der Waals surface area contributed by atoms with Crippen LogP contribution >= 0.6 is 11.3 Å². The normalized spacial score (nSPS) is 10.9. The summed E-state index contributed by atoms with van der Waals surface area (Å²) in [6.45, 7) is 1.94. The number of benzene rings is 1. The molecular formula is C12H10N2O3S. The van der Waals surface area contributed by atoms with E-state index >= 15 is 0 Å². The highest BCUT2D eigenvalue weighted by atomic mass is 32.1. The van der Waals surface area contributed by atoms with Crippen molar-refractivity contribution >= 4 is 38.6 Å². The van der Waals surface area contributed by atoms with Gasteiger partial charge in [-0.3, -0.25) is 10.1 Å². The maximum absolute atomic E-state index is 11.4. The highest BCUT2D eigenvalue weighted by Crippen LogP contribution is 2.27. The number of aliphatic carboxylic acids is 1. The maximum Gasteiger partial charge on any atom is 0.328 e. The number of thiazole rings is 1. The fraction of sp³-hybridized carbons (Fsp3) is 0.0833. The third-order valence-electron chi connectivity index (χ3n) is 2.23. The van der Waals surface area contributed by atoms with Gasteiger partial charge in [0.2, 0.25) is 5.91 Å². The Morgan fingerprint density at radius 2 is 2.17 bits per heavy atom. The summed E-state index contributed by atoms with van der Waals surface area (Å²) in [6.07, 6.45) is 1.75. The summed E-state index contributed by atoms with van der Waals surface area (Å²) in [5.41, 5.74) is 1.88. The number of amides is 1. The van der Waals surface area contributed by atoms with Gasteiger partial charge in [0.15, 0.2) is 5.13 Å². The number of rotatable bonds is 3. The fourth-order valence-electron chi connectivity index (χ4n) is 1.43. The van der Waals surface area contributed by atoms with Gasteiger partial charge >= 0.3 is 5.97 Å². The van der Waals surface area contributed by atoms with Gasteiger partial charge in [-0.1, -0.05) is 23.5 Å². The number of hydrogen-bond acceptors (Lipinski definition) is 4. The molecule has 0 atom stereocenters. The topological polar surface area (TPSA) is 79.3 Å². The number of hydrogen-bond donors (Lipinski definition) is 2. The number of aryl methyl sites for hydroxylation is 1. The molecule has 1 heterocycles. The number of anilines is 1. The number of carbonyl (C=O) groups is 2. The molecule has 2 N–H and O–H groups in total. The molecule has 0 saturated carbocycles. The number of carboxylic acids is 1. The third kappa shape index (κ3) is 2.72. The van der Waals surface area contributed by atoms with Crippen LogP contribution in [0.25, 0.3) is 10.2 Å². The summed E-state index contributed by atoms with van der Waals surface area (Å²) in [5.74, 6) is -1.67. The molecule has 0 spiro atoms. The highest BCUT2D eigenvalue weighted by molar-refractivity contribution is 7.22. The summed E-state index contributed by atoms with van der Waals surface area (Å²) >= 11 is 1.35. The first-order valence-electron chi connectivity index (χ1n) is 5.14. The van der Waals surface area contributed by atoms with Gasteiger partial charge in [0.1, 0.15) is 0 Å². The molecule has 18 heavy (non-hydrogen) atoms. The van der Waals surface area contributed by atoms with Crippen molar-refractivity contribution < 1.29 is 14.7 Å². The molecule has 92 valence electrons. The van der Waals surface area contributed by atoms with E-state index in [0.717, 1.165) is 27.9 Å². The minimum absolute atomic E-state index is 0.458. The summed E-state index contributed by atoms with van der Waals surface area (Å²) in [6, 6.07) is 5.78. The van der Waals surface area contributed by atoms with Crippen molar-refractivity contribution in [2.24, 2.45) is 0 Å². The number of para-hydroxylation sites is 1. The van der Waals surface area contributed by atoms with Crippen molar-refractivity contribution in [1.29, 1.82) is 0 Å². The van der Waals surface area contributed by atoms with E-state index in [1.807, 2.05) is 25.1 Å². The molecule has 0 bridgehead atoms. The fourth-order valence-corrected chi connectivity index (χ4v) is 2.38. The van der Waals surface area contributed by atoms with E-state index in [-0.39, 0.29) is 0 Å². The van der Waals surface area contributed by atoms with Gasteiger partial charge in [0.05, 0.1) is 10.2 Å². The Labute approximate surface area is 107 Å². The lowest BCUT2D eigenvalue weighted by molar-refractivity contribution is -0.131. The number of nitrogens with zero attached hydrogens (tertiary/aromatic N) is 1. The van der Waals surface area contributed by atoms with E-state index in [1.54, 1.807) is 0 Å². The summed E-state index contributed by atoms with van der Waals surface area (Å²) in [7, 11) is 0. The van der Waals surface area contributed by atoms with Gasteiger partial charge in [0, 0.05) is 12.2 Å². The molecule has 0 fully saturated rings. The van der Waals surface area contributed by atoms with E-state index in [1.165, 1.54) is 11.3 Å². The van der Waals surface area contributed by atoms with Gasteiger partial charge in [-0.15, -0.1) is 0 Å². The monoisotopic (exact) mass is 262 g/mol. The van der Waals surface area contributed by atoms with E-state index in [9.17, 15) is 9.59 Å². The Kier molecular flexibility index (Phi) is 3.38. The van der Waals surface area contributed by atoms with Crippen LogP contribution in [0.1, 0.15) is 5.56 Å². The first-order chi connectivity index (χ1) is 8.56. The highest BCUT2D eigenvalue weighted by Gasteiger charge is 2.07. The molecule has 0 aliphatic carbocycles. The molecule has 2 aromatic rings. The molecule has 0 unspecified atom stereocenters. The lowest BCUT2D eigenvalue weighted by Crippen LogP contribution is -2.08. The maximum atomic E-state index is 11.4. The van der Waals surface area contributed by atoms with Crippen molar-refractivity contribution in [2.45, 2.75) is 6.92 Å². The van der Waals surface area contributed by atoms with E-state index < -0.39 is 11.9 Å². The van der Waals surface area contributed by atoms with Crippen LogP contribution in [0.5, 0.6) is 0 Å². The molecule has 1 amide bonds. The number of carboxylic acid groups (broad SMARTS) is 1. The second-order valence-electron chi connectivity index (χ2n) is 3.60. The van der Waals surface area contributed by atoms with Crippen molar-refractivity contribution in [1.82, 2.24) is 4.98 Å². The number of nitrogens with one attached hydrogen (secondary N) is 1. The lowest BCUT2D eigenvalue weighted by atomic mass is 10.2. The Hall–Kier alpha value is -2.21. The number of aromatic nitrogens is 1. The Morgan fingerprint density at radius 3 is 2.83 bits per heavy atom. The lowest BCUT2D eigenvalue weighted by Gasteiger charge is -1.94. The van der Waals surface area contributed by atoms with E-state index in [4.69, 9.17) is 5.11 Å². The predicted octanol–water partition coefficient (Wildman–Crippen LogP) is 2.18. The third-order valence-corrected chi connectivity index (χ3v) is 3.16. The van der Waals surface area contributed by atoms with Gasteiger partial charge in [0.25, 0.3) is 0 Å². The summed E-state index contributed by atoms with van der Waals surface area (Å²) in [5, 5.41) is 11.4. The molecule has 6 heteroatoms. The average Bonchev–Trinajstić information content (AvgIpc) is 2.70. The molecule has 0 aliphatic heterocycles. The zero-order chi connectivity index (χ0) is 13.1. The molecule has 5 nitrogen and oxygen atoms in total. The number of fused-ring (bicyclic) bond motifs is 1. The molecule has 0 radical (unpaired) electrons. The molecule has 2 rings (SSSR count). The van der Waals surface area contributed by atoms with Crippen molar-refractivity contribution in [3.05, 3.63) is 35.9 Å². The smallest absolute Gasteiger partial charge is 0.328 e. The Bertz CT molecular complexity index is 646. The largest absolute Gasteiger partial charge is 0.478 e. The van der Waals surface area contributed by atoms with Gasteiger partial charge in [-0.2, -0.15) is 0 Å². The molecular weight excluding hydrogens is 252 g/mol. The average molecular weight is 262 g/mol. The molecule has 0 saturated heterocycles. The predicted molar refractivity (Wildman–Crippen MR) is 69.8 cm³/mol. The second kappa shape index (κ2) is 4.97. The molecule has 0 aliphatic rings. The zero-order valence-electron chi connectivity index (χ0n) is 9.51. The van der Waals surface area contributed by atoms with Gasteiger partial charge in [-0.25, -0.2) is 9.78 Å². The Balaban J connectivity index is 2.20. The zero-order valence-corrected chi connectivity index (χ0v) is 10.3. The summed E-state index contributed by atoms with van der Waals surface area (Å²) in [4.78, 5) is 25.9. The standard InChI is InChI=1S/C12H10N2O3S/c1-7-3-2-4-8-11(7)14-12(18-8)13-9(15)5-6-10(16)17/h2-6H,1H3,(H,16,17)(H,13,14,15). The van der Waals surface area contributed by atoms with Crippen LogP contribution in [0.4, 0.5) is 5.13 Å². The van der Waals surface area contributed by atoms with Crippen molar-refractivity contribution in [3.8, 4) is 0 Å². The van der Waals surface area contributed by atoms with Crippen LogP contribution < -0.4 is 5.32 Å². The molecule has 1 aromatic heterocycles. The van der Waals surface area contributed by atoms with Crippen LogP contribution in [-0.2, 0) is 9.59 Å². The first-order valence-corrected chi connectivity index (χ1v) is 5.96. The minimum Gasteiger partial charge on any atom is -0.478 e. The first kappa shape index (κ1) is 12.3. The quantitative estimate of drug-likeness (QED) is 0.831. The number of carbonyl (C=O) groups excluding carboxylic acids is 1. The van der Waals surface area contributed by atoms with Crippen molar-refractivity contribution in [2.75, 3.05) is 5.32 Å². The van der Waals surface area contributed by atoms with Crippen LogP contribution in [0.2, 0.25) is 0 Å². The second-order valence-corrected chi connectivity index (χ2v) is 4.63. The van der Waals surface area contributed by atoms with E-state index in [2.05, 4.69) is 10.3 Å². The molecule has 1 aromatic carbocycles. The minimum atomic E-state index is -1.16. The van der Waals surface area contributed by atoms with Crippen LogP contribution in [0.3, 0.4) is 0 Å². The van der Waals surface area contributed by atoms with Crippen LogP contribution in [-0.4, -0.2) is 22.0 Å². The van der Waals surface area contributed by atoms with Gasteiger partial charge < -0.3 is 5.11 Å². The summed E-state index contributed by atoms with van der Waals surface area (Å²) < 4.78 is 0.979. The van der Waals surface area contributed by atoms with Crippen molar-refractivity contribution in [3.63, 3.8) is 0 Å². The van der Waals surface area contributed by atoms with Crippen LogP contribution in [0, 0.1) is 6.92 Å². The van der Waals surface area contributed by atoms with Gasteiger partial charge in [-0.05, 0) is 18.6 Å².